The number of rotatable bonds is 6. The predicted molar refractivity (Wildman–Crippen MR) is 97.0 cm³/mol. The van der Waals surface area contributed by atoms with Crippen molar-refractivity contribution in [1.82, 2.24) is 15.5 Å². The zero-order valence-electron chi connectivity index (χ0n) is 14.1. The first-order valence-corrected chi connectivity index (χ1v) is 9.30. The molecule has 0 saturated carbocycles. The maximum atomic E-state index is 4.32. The normalized spacial score (nSPS) is 21.6. The smallest absolute Gasteiger partial charge is 0.191 e. The van der Waals surface area contributed by atoms with Crippen molar-refractivity contribution in [2.75, 3.05) is 33.2 Å². The van der Waals surface area contributed by atoms with Crippen molar-refractivity contribution in [2.45, 2.75) is 45.1 Å². The van der Waals surface area contributed by atoms with Crippen LogP contribution in [0.5, 0.6) is 0 Å². The van der Waals surface area contributed by atoms with Gasteiger partial charge in [-0.25, -0.2) is 0 Å². The van der Waals surface area contributed by atoms with Gasteiger partial charge in [-0.05, 0) is 37.8 Å². The third-order valence-corrected chi connectivity index (χ3v) is 5.56. The van der Waals surface area contributed by atoms with Gasteiger partial charge in [-0.15, -0.1) is 11.3 Å². The molecule has 0 aliphatic carbocycles. The Bertz CT molecular complexity index is 444. The van der Waals surface area contributed by atoms with Crippen molar-refractivity contribution in [3.63, 3.8) is 0 Å². The quantitative estimate of drug-likeness (QED) is 0.625. The zero-order chi connectivity index (χ0) is 15.8. The van der Waals surface area contributed by atoms with Gasteiger partial charge in [0.25, 0.3) is 0 Å². The Hall–Kier alpha value is -1.07. The van der Waals surface area contributed by atoms with Crippen molar-refractivity contribution in [3.05, 3.63) is 22.4 Å². The van der Waals surface area contributed by atoms with E-state index >= 15 is 0 Å². The van der Waals surface area contributed by atoms with Gasteiger partial charge in [0, 0.05) is 43.5 Å². The van der Waals surface area contributed by atoms with E-state index in [-0.39, 0.29) is 0 Å². The van der Waals surface area contributed by atoms with Crippen molar-refractivity contribution in [3.8, 4) is 0 Å². The van der Waals surface area contributed by atoms with Crippen LogP contribution in [0.25, 0.3) is 0 Å². The molecule has 0 radical (unpaired) electrons. The van der Waals surface area contributed by atoms with Crippen LogP contribution in [0.2, 0.25) is 0 Å². The number of nitrogens with zero attached hydrogens (tertiary/aromatic N) is 2. The average Bonchev–Trinajstić information content (AvgIpc) is 3.06. The second kappa shape index (κ2) is 9.16. The van der Waals surface area contributed by atoms with E-state index in [9.17, 15) is 0 Å². The van der Waals surface area contributed by atoms with Gasteiger partial charge in [0.15, 0.2) is 5.96 Å². The minimum absolute atomic E-state index is 0.515. The number of piperidine rings is 1. The van der Waals surface area contributed by atoms with Crippen molar-refractivity contribution in [2.24, 2.45) is 4.99 Å². The summed E-state index contributed by atoms with van der Waals surface area (Å²) >= 11 is 1.82. The maximum absolute atomic E-state index is 4.32. The van der Waals surface area contributed by atoms with E-state index in [1.165, 1.54) is 30.7 Å². The Morgan fingerprint density at radius 2 is 2.32 bits per heavy atom. The maximum Gasteiger partial charge on any atom is 0.191 e. The predicted octanol–water partition coefficient (Wildman–Crippen LogP) is 2.89. The molecule has 22 heavy (non-hydrogen) atoms. The van der Waals surface area contributed by atoms with E-state index in [0.29, 0.717) is 5.92 Å². The number of hydrogen-bond donors (Lipinski definition) is 2. The largest absolute Gasteiger partial charge is 0.356 e. The van der Waals surface area contributed by atoms with Crippen LogP contribution in [0.4, 0.5) is 0 Å². The third kappa shape index (κ3) is 5.29. The minimum Gasteiger partial charge on any atom is -0.356 e. The molecule has 1 saturated heterocycles. The Labute approximate surface area is 139 Å². The van der Waals surface area contributed by atoms with Crippen LogP contribution in [0, 0.1) is 0 Å². The van der Waals surface area contributed by atoms with Gasteiger partial charge in [0.2, 0.25) is 0 Å². The van der Waals surface area contributed by atoms with Crippen LogP contribution in [0.3, 0.4) is 0 Å². The SMILES string of the molecule is CN=C(NCCN1CCCCC1C)NCC(C)c1cccs1. The van der Waals surface area contributed by atoms with Gasteiger partial charge >= 0.3 is 0 Å². The Morgan fingerprint density at radius 1 is 1.45 bits per heavy atom. The van der Waals surface area contributed by atoms with Crippen LogP contribution in [0.1, 0.15) is 43.9 Å². The molecule has 0 bridgehead atoms. The lowest BCUT2D eigenvalue weighted by Crippen LogP contribution is -2.45. The fourth-order valence-corrected chi connectivity index (χ4v) is 3.74. The highest BCUT2D eigenvalue weighted by atomic mass is 32.1. The fraction of sp³-hybridized carbons (Fsp3) is 0.706. The molecule has 0 aromatic carbocycles. The lowest BCUT2D eigenvalue weighted by Gasteiger charge is -2.33. The van der Waals surface area contributed by atoms with Crippen LogP contribution >= 0.6 is 11.3 Å². The molecule has 2 heterocycles. The fourth-order valence-electron chi connectivity index (χ4n) is 2.95. The first-order valence-electron chi connectivity index (χ1n) is 8.42. The number of likely N-dealkylation sites (tertiary alicyclic amines) is 1. The molecule has 1 fully saturated rings. The first kappa shape index (κ1) is 17.3. The highest BCUT2D eigenvalue weighted by Crippen LogP contribution is 2.19. The zero-order valence-corrected chi connectivity index (χ0v) is 15.0. The third-order valence-electron chi connectivity index (χ3n) is 4.46. The van der Waals surface area contributed by atoms with Gasteiger partial charge in [0.1, 0.15) is 0 Å². The molecule has 124 valence electrons. The second-order valence-corrected chi connectivity index (χ2v) is 7.16. The molecule has 1 aromatic heterocycles. The van der Waals surface area contributed by atoms with Gasteiger partial charge < -0.3 is 10.6 Å². The van der Waals surface area contributed by atoms with Gasteiger partial charge in [0.05, 0.1) is 0 Å². The number of guanidine groups is 1. The Balaban J connectivity index is 1.67. The van der Waals surface area contributed by atoms with Gasteiger partial charge in [-0.2, -0.15) is 0 Å². The molecule has 2 unspecified atom stereocenters. The van der Waals surface area contributed by atoms with E-state index in [0.717, 1.165) is 31.6 Å². The second-order valence-electron chi connectivity index (χ2n) is 6.18. The molecule has 2 atom stereocenters. The van der Waals surface area contributed by atoms with E-state index < -0.39 is 0 Å². The molecule has 0 amide bonds. The summed E-state index contributed by atoms with van der Waals surface area (Å²) < 4.78 is 0. The molecule has 4 nitrogen and oxygen atoms in total. The van der Waals surface area contributed by atoms with E-state index in [2.05, 4.69) is 51.9 Å². The minimum atomic E-state index is 0.515. The van der Waals surface area contributed by atoms with Crippen LogP contribution < -0.4 is 10.6 Å². The van der Waals surface area contributed by atoms with Crippen molar-refractivity contribution >= 4 is 17.3 Å². The molecule has 1 aliphatic heterocycles. The summed E-state index contributed by atoms with van der Waals surface area (Å²) in [5, 5.41) is 9.01. The number of aliphatic imine (C=N–C) groups is 1. The Morgan fingerprint density at radius 3 is 3.00 bits per heavy atom. The van der Waals surface area contributed by atoms with E-state index in [1.54, 1.807) is 0 Å². The van der Waals surface area contributed by atoms with E-state index in [1.807, 2.05) is 18.4 Å². The van der Waals surface area contributed by atoms with Crippen LogP contribution in [-0.4, -0.2) is 50.1 Å². The van der Waals surface area contributed by atoms with E-state index in [4.69, 9.17) is 0 Å². The molecule has 5 heteroatoms. The van der Waals surface area contributed by atoms with Gasteiger partial charge in [-0.1, -0.05) is 19.4 Å². The molecular formula is C17H30N4S. The average molecular weight is 323 g/mol. The van der Waals surface area contributed by atoms with Crippen LogP contribution in [0.15, 0.2) is 22.5 Å². The Kier molecular flexibility index (Phi) is 7.19. The number of hydrogen-bond acceptors (Lipinski definition) is 3. The van der Waals surface area contributed by atoms with Crippen LogP contribution in [-0.2, 0) is 0 Å². The monoisotopic (exact) mass is 322 g/mol. The summed E-state index contributed by atoms with van der Waals surface area (Å²) in [4.78, 5) is 8.33. The summed E-state index contributed by atoms with van der Waals surface area (Å²) in [7, 11) is 1.84. The standard InChI is InChI=1S/C17H30N4S/c1-14(16-8-6-12-22-16)13-20-17(18-3)19-9-11-21-10-5-4-7-15(21)2/h6,8,12,14-15H,4-5,7,9-11,13H2,1-3H3,(H2,18,19,20). The lowest BCUT2D eigenvalue weighted by molar-refractivity contribution is 0.163. The topological polar surface area (TPSA) is 39.7 Å². The molecule has 2 N–H and O–H groups in total. The molecule has 2 rings (SSSR count). The highest BCUT2D eigenvalue weighted by Gasteiger charge is 2.17. The van der Waals surface area contributed by atoms with Crippen molar-refractivity contribution in [1.29, 1.82) is 0 Å². The lowest BCUT2D eigenvalue weighted by atomic mass is 10.0. The number of thiophene rings is 1. The van der Waals surface area contributed by atoms with Gasteiger partial charge in [-0.3, -0.25) is 9.89 Å². The molecular weight excluding hydrogens is 292 g/mol. The summed E-state index contributed by atoms with van der Waals surface area (Å²) in [5.74, 6) is 1.42. The van der Waals surface area contributed by atoms with Crippen molar-refractivity contribution < 1.29 is 0 Å². The summed E-state index contributed by atoms with van der Waals surface area (Å²) in [6, 6.07) is 5.04. The molecule has 1 aromatic rings. The first-order chi connectivity index (χ1) is 10.7. The molecule has 0 spiro atoms. The summed E-state index contributed by atoms with van der Waals surface area (Å²) in [6.45, 7) is 8.81. The number of nitrogens with one attached hydrogen (secondary N) is 2. The highest BCUT2D eigenvalue weighted by molar-refractivity contribution is 7.10. The summed E-state index contributed by atoms with van der Waals surface area (Å²) in [6.07, 6.45) is 4.07. The molecule has 1 aliphatic rings. The summed E-state index contributed by atoms with van der Waals surface area (Å²) in [5.41, 5.74) is 0.